The number of hydrogen-bond acceptors (Lipinski definition) is 5. The molecule has 2 aromatic rings. The monoisotopic (exact) mass is 326 g/mol. The Balaban J connectivity index is 1.68. The van der Waals surface area contributed by atoms with Crippen molar-refractivity contribution >= 4 is 17.4 Å². The Hall–Kier alpha value is -2.60. The fraction of sp³-hybridized carbons (Fsp3) is 0.333. The quantitative estimate of drug-likeness (QED) is 0.764. The number of methoxy groups -OCH3 is 1. The Morgan fingerprint density at radius 2 is 2.21 bits per heavy atom. The van der Waals surface area contributed by atoms with Gasteiger partial charge in [0.2, 0.25) is 0 Å². The van der Waals surface area contributed by atoms with Gasteiger partial charge < -0.3 is 20.3 Å². The third kappa shape index (κ3) is 3.83. The minimum atomic E-state index is -0.0166. The molecule has 1 aromatic carbocycles. The van der Waals surface area contributed by atoms with Crippen LogP contribution in [0.3, 0.4) is 0 Å². The van der Waals surface area contributed by atoms with E-state index >= 15 is 0 Å². The van der Waals surface area contributed by atoms with E-state index in [1.54, 1.807) is 7.11 Å². The molecule has 6 heteroatoms. The standard InChI is InChI=1S/C18H22N4O2/c1-24-10-4-8-19-17-11-14(7-9-20-17)12-22-13-21-18(23)15-5-2-3-6-16(15)22/h2-3,5-7,9,11H,4,8,10,12-13H2,1H3,(H,19,20)(H,21,23). The van der Waals surface area contributed by atoms with Crippen LogP contribution in [-0.4, -0.2) is 37.8 Å². The highest BCUT2D eigenvalue weighted by atomic mass is 16.5. The van der Waals surface area contributed by atoms with Crippen LogP contribution >= 0.6 is 0 Å². The molecule has 3 rings (SSSR count). The van der Waals surface area contributed by atoms with Crippen LogP contribution in [0.25, 0.3) is 0 Å². The number of pyridine rings is 1. The van der Waals surface area contributed by atoms with Gasteiger partial charge in [0.25, 0.3) is 5.91 Å². The molecule has 1 amide bonds. The Labute approximate surface area is 141 Å². The molecule has 0 fully saturated rings. The topological polar surface area (TPSA) is 66.5 Å². The number of ether oxygens (including phenoxy) is 1. The van der Waals surface area contributed by atoms with E-state index in [0.717, 1.165) is 42.2 Å². The molecule has 0 saturated carbocycles. The molecule has 0 atom stereocenters. The Bertz CT molecular complexity index is 705. The molecule has 0 saturated heterocycles. The van der Waals surface area contributed by atoms with E-state index in [4.69, 9.17) is 4.74 Å². The number of amides is 1. The summed E-state index contributed by atoms with van der Waals surface area (Å²) in [4.78, 5) is 18.4. The van der Waals surface area contributed by atoms with Crippen LogP contribution in [0.1, 0.15) is 22.3 Å². The van der Waals surface area contributed by atoms with Crippen molar-refractivity contribution in [3.63, 3.8) is 0 Å². The zero-order chi connectivity index (χ0) is 16.8. The SMILES string of the molecule is COCCCNc1cc(CN2CNC(=O)c3ccccc32)ccn1. The van der Waals surface area contributed by atoms with Crippen LogP contribution in [0.4, 0.5) is 11.5 Å². The number of carbonyl (C=O) groups excluding carboxylic acids is 1. The summed E-state index contributed by atoms with van der Waals surface area (Å²) >= 11 is 0. The lowest BCUT2D eigenvalue weighted by Gasteiger charge is -2.31. The number of nitrogens with one attached hydrogen (secondary N) is 2. The summed E-state index contributed by atoms with van der Waals surface area (Å²) in [6, 6.07) is 11.7. The van der Waals surface area contributed by atoms with Crippen molar-refractivity contribution in [3.8, 4) is 0 Å². The molecular formula is C18H22N4O2. The summed E-state index contributed by atoms with van der Waals surface area (Å²) in [7, 11) is 1.70. The summed E-state index contributed by atoms with van der Waals surface area (Å²) < 4.78 is 5.04. The van der Waals surface area contributed by atoms with E-state index in [1.165, 1.54) is 0 Å². The molecule has 126 valence electrons. The van der Waals surface area contributed by atoms with Crippen LogP contribution in [0.15, 0.2) is 42.6 Å². The number of benzene rings is 1. The summed E-state index contributed by atoms with van der Waals surface area (Å²) in [5, 5.41) is 6.22. The first-order valence-corrected chi connectivity index (χ1v) is 8.08. The molecule has 0 bridgehead atoms. The minimum Gasteiger partial charge on any atom is -0.385 e. The number of carbonyl (C=O) groups is 1. The largest absolute Gasteiger partial charge is 0.385 e. The van der Waals surface area contributed by atoms with E-state index < -0.39 is 0 Å². The fourth-order valence-electron chi connectivity index (χ4n) is 2.75. The number of aromatic nitrogens is 1. The second-order valence-electron chi connectivity index (χ2n) is 5.70. The van der Waals surface area contributed by atoms with E-state index in [2.05, 4.69) is 20.5 Å². The van der Waals surface area contributed by atoms with Crippen molar-refractivity contribution < 1.29 is 9.53 Å². The second kappa shape index (κ2) is 7.79. The maximum Gasteiger partial charge on any atom is 0.254 e. The predicted molar refractivity (Wildman–Crippen MR) is 94.2 cm³/mol. The average Bonchev–Trinajstić information content (AvgIpc) is 2.62. The molecule has 0 aliphatic carbocycles. The molecule has 0 spiro atoms. The van der Waals surface area contributed by atoms with Crippen LogP contribution in [-0.2, 0) is 11.3 Å². The fourth-order valence-corrected chi connectivity index (χ4v) is 2.75. The van der Waals surface area contributed by atoms with Crippen LogP contribution < -0.4 is 15.5 Å². The average molecular weight is 326 g/mol. The second-order valence-corrected chi connectivity index (χ2v) is 5.70. The number of fused-ring (bicyclic) bond motifs is 1. The highest BCUT2D eigenvalue weighted by Gasteiger charge is 2.21. The van der Waals surface area contributed by atoms with Gasteiger partial charge in [0.1, 0.15) is 5.82 Å². The smallest absolute Gasteiger partial charge is 0.254 e. The van der Waals surface area contributed by atoms with Gasteiger partial charge in [-0.15, -0.1) is 0 Å². The number of anilines is 2. The molecule has 1 aromatic heterocycles. The third-order valence-electron chi connectivity index (χ3n) is 3.95. The van der Waals surface area contributed by atoms with Crippen molar-refractivity contribution in [2.24, 2.45) is 0 Å². The molecule has 0 radical (unpaired) electrons. The van der Waals surface area contributed by atoms with Gasteiger partial charge in [0.05, 0.1) is 17.9 Å². The van der Waals surface area contributed by atoms with Gasteiger partial charge in [-0.05, 0) is 36.2 Å². The molecule has 6 nitrogen and oxygen atoms in total. The number of para-hydroxylation sites is 1. The lowest BCUT2D eigenvalue weighted by atomic mass is 10.1. The first-order valence-electron chi connectivity index (χ1n) is 8.08. The summed E-state index contributed by atoms with van der Waals surface area (Å²) in [5.74, 6) is 0.843. The number of hydrogen-bond donors (Lipinski definition) is 2. The lowest BCUT2D eigenvalue weighted by Crippen LogP contribution is -2.42. The summed E-state index contributed by atoms with van der Waals surface area (Å²) in [5.41, 5.74) is 2.83. The van der Waals surface area contributed by atoms with Crippen molar-refractivity contribution in [1.29, 1.82) is 0 Å². The van der Waals surface area contributed by atoms with Gasteiger partial charge in [-0.2, -0.15) is 0 Å². The third-order valence-corrected chi connectivity index (χ3v) is 3.95. The Kier molecular flexibility index (Phi) is 5.28. The van der Waals surface area contributed by atoms with Gasteiger partial charge in [0.15, 0.2) is 0 Å². The summed E-state index contributed by atoms with van der Waals surface area (Å²) in [6.45, 7) is 2.78. The summed E-state index contributed by atoms with van der Waals surface area (Å²) in [6.07, 6.45) is 2.75. The van der Waals surface area contributed by atoms with Crippen molar-refractivity contribution in [1.82, 2.24) is 10.3 Å². The highest BCUT2D eigenvalue weighted by Crippen LogP contribution is 2.25. The first-order chi connectivity index (χ1) is 11.8. The number of nitrogens with zero attached hydrogens (tertiary/aromatic N) is 2. The maximum absolute atomic E-state index is 11.9. The van der Waals surface area contributed by atoms with Crippen molar-refractivity contribution in [3.05, 3.63) is 53.7 Å². The zero-order valence-electron chi connectivity index (χ0n) is 13.8. The minimum absolute atomic E-state index is 0.0166. The Morgan fingerprint density at radius 1 is 1.33 bits per heavy atom. The molecule has 2 heterocycles. The van der Waals surface area contributed by atoms with Gasteiger partial charge in [-0.25, -0.2) is 4.98 Å². The lowest BCUT2D eigenvalue weighted by molar-refractivity contribution is 0.0947. The van der Waals surface area contributed by atoms with E-state index in [1.807, 2.05) is 42.6 Å². The molecule has 24 heavy (non-hydrogen) atoms. The van der Waals surface area contributed by atoms with Crippen LogP contribution in [0.2, 0.25) is 0 Å². The predicted octanol–water partition coefficient (Wildman–Crippen LogP) is 2.24. The van der Waals surface area contributed by atoms with Crippen LogP contribution in [0.5, 0.6) is 0 Å². The van der Waals surface area contributed by atoms with Crippen molar-refractivity contribution in [2.45, 2.75) is 13.0 Å². The van der Waals surface area contributed by atoms with Crippen molar-refractivity contribution in [2.75, 3.05) is 37.1 Å². The maximum atomic E-state index is 11.9. The van der Waals surface area contributed by atoms with E-state index in [-0.39, 0.29) is 5.91 Å². The zero-order valence-corrected chi connectivity index (χ0v) is 13.8. The molecular weight excluding hydrogens is 304 g/mol. The highest BCUT2D eigenvalue weighted by molar-refractivity contribution is 6.01. The molecule has 2 N–H and O–H groups in total. The molecule has 1 aliphatic rings. The molecule has 0 unspecified atom stereocenters. The normalized spacial score (nSPS) is 13.4. The van der Waals surface area contributed by atoms with Gasteiger partial charge >= 0.3 is 0 Å². The van der Waals surface area contributed by atoms with Gasteiger partial charge in [0, 0.05) is 33.0 Å². The Morgan fingerprint density at radius 3 is 3.08 bits per heavy atom. The van der Waals surface area contributed by atoms with E-state index in [9.17, 15) is 4.79 Å². The molecule has 1 aliphatic heterocycles. The first kappa shape index (κ1) is 16.3. The van der Waals surface area contributed by atoms with Gasteiger partial charge in [-0.3, -0.25) is 4.79 Å². The van der Waals surface area contributed by atoms with Crippen LogP contribution in [0, 0.1) is 0 Å². The number of rotatable bonds is 7. The van der Waals surface area contributed by atoms with Gasteiger partial charge in [-0.1, -0.05) is 12.1 Å². The van der Waals surface area contributed by atoms with E-state index in [0.29, 0.717) is 13.2 Å².